The fourth-order valence-corrected chi connectivity index (χ4v) is 6.58. The van der Waals surface area contributed by atoms with Crippen molar-refractivity contribution in [2.24, 2.45) is 5.92 Å². The third-order valence-corrected chi connectivity index (χ3v) is 8.57. The second-order valence-electron chi connectivity index (χ2n) is 9.94. The highest BCUT2D eigenvalue weighted by molar-refractivity contribution is 9.11. The Kier molecular flexibility index (Phi) is 10.5. The number of aromatic hydroxyl groups is 1. The van der Waals surface area contributed by atoms with E-state index in [2.05, 4.69) is 42.5 Å². The smallest absolute Gasteiger partial charge is 0.143 e. The Balaban J connectivity index is 1.32. The van der Waals surface area contributed by atoms with Crippen LogP contribution < -0.4 is 10.6 Å². The van der Waals surface area contributed by atoms with Gasteiger partial charge in [0.15, 0.2) is 0 Å². The number of phenolic OH excluding ortho intramolecular Hbond substituents is 1. The first-order valence-electron chi connectivity index (χ1n) is 13.0. The molecule has 7 heteroatoms. The van der Waals surface area contributed by atoms with E-state index in [1.54, 1.807) is 0 Å². The maximum absolute atomic E-state index is 13.5. The molecule has 3 aromatic rings. The second kappa shape index (κ2) is 13.8. The first kappa shape index (κ1) is 28.2. The van der Waals surface area contributed by atoms with Gasteiger partial charge in [0.1, 0.15) is 17.4 Å². The minimum Gasteiger partial charge on any atom is -0.506 e. The molecule has 0 aromatic heterocycles. The maximum Gasteiger partial charge on any atom is 0.143 e. The summed E-state index contributed by atoms with van der Waals surface area (Å²) in [6, 6.07) is 17.7. The molecular formula is C30H34Br2F2N2O. The van der Waals surface area contributed by atoms with Crippen molar-refractivity contribution in [3.63, 3.8) is 0 Å². The summed E-state index contributed by atoms with van der Waals surface area (Å²) in [5, 5.41) is 17.3. The summed E-state index contributed by atoms with van der Waals surface area (Å²) in [6.45, 7) is 2.85. The molecule has 1 aliphatic heterocycles. The van der Waals surface area contributed by atoms with E-state index in [0.29, 0.717) is 20.9 Å². The van der Waals surface area contributed by atoms with Crippen molar-refractivity contribution >= 4 is 31.9 Å². The van der Waals surface area contributed by atoms with Crippen LogP contribution in [0.1, 0.15) is 61.1 Å². The molecule has 0 saturated carbocycles. The van der Waals surface area contributed by atoms with Crippen LogP contribution in [-0.2, 0) is 6.54 Å². The standard InChI is InChI=1S/C30H34Br2F2N2O/c31-27-16-20(17-28(32)30(27)37)18-36-29(23-14-15-35-19-23)5-3-1-2-4-26(21-6-10-24(33)11-7-21)22-8-12-25(34)13-9-22/h6-13,16-17,23,26,29,35-37H,1-5,14-15,18-19H2. The first-order chi connectivity index (χ1) is 17.9. The summed E-state index contributed by atoms with van der Waals surface area (Å²) in [7, 11) is 0. The Morgan fingerprint density at radius 1 is 0.865 bits per heavy atom. The topological polar surface area (TPSA) is 44.3 Å². The molecule has 3 nitrogen and oxygen atoms in total. The molecule has 1 saturated heterocycles. The number of nitrogens with one attached hydrogen (secondary N) is 2. The molecule has 0 aliphatic carbocycles. The average Bonchev–Trinajstić information content (AvgIpc) is 3.43. The summed E-state index contributed by atoms with van der Waals surface area (Å²) in [5.41, 5.74) is 3.25. The van der Waals surface area contributed by atoms with E-state index in [9.17, 15) is 13.9 Å². The van der Waals surface area contributed by atoms with Crippen molar-refractivity contribution in [3.8, 4) is 5.75 Å². The molecule has 1 heterocycles. The third-order valence-electron chi connectivity index (χ3n) is 7.37. The van der Waals surface area contributed by atoms with Crippen LogP contribution in [0.15, 0.2) is 69.6 Å². The van der Waals surface area contributed by atoms with Crippen molar-refractivity contribution in [3.05, 3.63) is 97.9 Å². The zero-order valence-corrected chi connectivity index (χ0v) is 24.0. The number of hydrogen-bond donors (Lipinski definition) is 3. The molecule has 1 aliphatic rings. The minimum absolute atomic E-state index is 0.126. The lowest BCUT2D eigenvalue weighted by Crippen LogP contribution is -2.37. The molecular weight excluding hydrogens is 602 g/mol. The van der Waals surface area contributed by atoms with Crippen LogP contribution in [0.4, 0.5) is 8.78 Å². The first-order valence-corrected chi connectivity index (χ1v) is 14.6. The lowest BCUT2D eigenvalue weighted by Gasteiger charge is -2.25. The van der Waals surface area contributed by atoms with Crippen LogP contribution in [0.25, 0.3) is 0 Å². The molecule has 198 valence electrons. The Morgan fingerprint density at radius 3 is 1.97 bits per heavy atom. The highest BCUT2D eigenvalue weighted by Gasteiger charge is 2.24. The van der Waals surface area contributed by atoms with E-state index in [0.717, 1.165) is 68.4 Å². The van der Waals surface area contributed by atoms with Gasteiger partial charge in [0.25, 0.3) is 0 Å². The van der Waals surface area contributed by atoms with Gasteiger partial charge in [0.05, 0.1) is 8.95 Å². The molecule has 0 amide bonds. The number of halogens is 4. The molecule has 0 bridgehead atoms. The maximum atomic E-state index is 13.5. The molecule has 0 spiro atoms. The van der Waals surface area contributed by atoms with Crippen LogP contribution in [0.3, 0.4) is 0 Å². The normalized spacial score (nSPS) is 16.4. The van der Waals surface area contributed by atoms with Gasteiger partial charge in [-0.05, 0) is 123 Å². The van der Waals surface area contributed by atoms with Crippen molar-refractivity contribution in [1.29, 1.82) is 0 Å². The van der Waals surface area contributed by atoms with Gasteiger partial charge < -0.3 is 15.7 Å². The Hall–Kier alpha value is -1.80. The average molecular weight is 636 g/mol. The Labute approximate surface area is 235 Å². The number of unbranched alkanes of at least 4 members (excludes halogenated alkanes) is 2. The van der Waals surface area contributed by atoms with Gasteiger partial charge in [-0.3, -0.25) is 0 Å². The fraction of sp³-hybridized carbons (Fsp3) is 0.400. The predicted octanol–water partition coefficient (Wildman–Crippen LogP) is 8.05. The van der Waals surface area contributed by atoms with Gasteiger partial charge in [-0.15, -0.1) is 0 Å². The van der Waals surface area contributed by atoms with Gasteiger partial charge in [-0.2, -0.15) is 0 Å². The van der Waals surface area contributed by atoms with E-state index in [1.807, 2.05) is 36.4 Å². The van der Waals surface area contributed by atoms with Gasteiger partial charge >= 0.3 is 0 Å². The van der Waals surface area contributed by atoms with Crippen molar-refractivity contribution in [1.82, 2.24) is 10.6 Å². The van der Waals surface area contributed by atoms with E-state index >= 15 is 0 Å². The molecule has 2 atom stereocenters. The Morgan fingerprint density at radius 2 is 1.43 bits per heavy atom. The van der Waals surface area contributed by atoms with Crippen LogP contribution in [0.5, 0.6) is 5.75 Å². The van der Waals surface area contributed by atoms with Gasteiger partial charge in [0.2, 0.25) is 0 Å². The summed E-state index contributed by atoms with van der Waals surface area (Å²) in [6.07, 6.45) is 6.50. The third kappa shape index (κ3) is 8.09. The molecule has 2 unspecified atom stereocenters. The molecule has 4 rings (SSSR count). The number of hydrogen-bond acceptors (Lipinski definition) is 3. The van der Waals surface area contributed by atoms with Crippen LogP contribution in [-0.4, -0.2) is 24.2 Å². The molecule has 3 aromatic carbocycles. The van der Waals surface area contributed by atoms with E-state index in [1.165, 1.54) is 30.7 Å². The van der Waals surface area contributed by atoms with E-state index in [-0.39, 0.29) is 23.3 Å². The number of phenols is 1. The largest absolute Gasteiger partial charge is 0.506 e. The highest BCUT2D eigenvalue weighted by atomic mass is 79.9. The SMILES string of the molecule is Oc1c(Br)cc(CNC(CCCCCC(c2ccc(F)cc2)c2ccc(F)cc2)C2CCNC2)cc1Br. The zero-order valence-electron chi connectivity index (χ0n) is 20.8. The summed E-state index contributed by atoms with van der Waals surface area (Å²) < 4.78 is 28.4. The van der Waals surface area contributed by atoms with Crippen LogP contribution in [0.2, 0.25) is 0 Å². The van der Waals surface area contributed by atoms with Gasteiger partial charge in [-0.25, -0.2) is 8.78 Å². The van der Waals surface area contributed by atoms with Gasteiger partial charge in [-0.1, -0.05) is 43.5 Å². The zero-order chi connectivity index (χ0) is 26.2. The monoisotopic (exact) mass is 634 g/mol. The lowest BCUT2D eigenvalue weighted by atomic mass is 9.86. The number of rotatable bonds is 12. The highest BCUT2D eigenvalue weighted by Crippen LogP contribution is 2.34. The van der Waals surface area contributed by atoms with E-state index in [4.69, 9.17) is 0 Å². The molecule has 37 heavy (non-hydrogen) atoms. The second-order valence-corrected chi connectivity index (χ2v) is 11.7. The van der Waals surface area contributed by atoms with Crippen LogP contribution >= 0.6 is 31.9 Å². The summed E-state index contributed by atoms with van der Waals surface area (Å²) in [5.74, 6) is 0.470. The van der Waals surface area contributed by atoms with Crippen molar-refractivity contribution < 1.29 is 13.9 Å². The quantitative estimate of drug-likeness (QED) is 0.177. The van der Waals surface area contributed by atoms with E-state index < -0.39 is 0 Å². The predicted molar refractivity (Wildman–Crippen MR) is 153 cm³/mol. The van der Waals surface area contributed by atoms with Crippen molar-refractivity contribution in [2.45, 2.75) is 57.0 Å². The molecule has 0 radical (unpaired) electrons. The number of benzene rings is 3. The summed E-state index contributed by atoms with van der Waals surface area (Å²) in [4.78, 5) is 0. The Bertz CT molecular complexity index is 1070. The van der Waals surface area contributed by atoms with Crippen molar-refractivity contribution in [2.75, 3.05) is 13.1 Å². The lowest BCUT2D eigenvalue weighted by molar-refractivity contribution is 0.341. The minimum atomic E-state index is -0.242. The fourth-order valence-electron chi connectivity index (χ4n) is 5.30. The van der Waals surface area contributed by atoms with Crippen LogP contribution in [0, 0.1) is 17.6 Å². The van der Waals surface area contributed by atoms with Gasteiger partial charge in [0, 0.05) is 18.5 Å². The summed E-state index contributed by atoms with van der Waals surface area (Å²) >= 11 is 6.85. The molecule has 3 N–H and O–H groups in total. The molecule has 1 fully saturated rings.